The van der Waals surface area contributed by atoms with Gasteiger partial charge in [-0.2, -0.15) is 0 Å². The summed E-state index contributed by atoms with van der Waals surface area (Å²) in [6.07, 6.45) is 2.00. The zero-order valence-electron chi connectivity index (χ0n) is 15.5. The molecule has 0 atom stereocenters. The van der Waals surface area contributed by atoms with Crippen molar-refractivity contribution in [1.29, 1.82) is 0 Å². The summed E-state index contributed by atoms with van der Waals surface area (Å²) < 4.78 is 0. The molecule has 0 saturated carbocycles. The number of hydrogen-bond acceptors (Lipinski definition) is 3. The number of rotatable bonds is 6. The average molecular weight is 370 g/mol. The Labute approximate surface area is 158 Å². The molecule has 0 aliphatic carbocycles. The molecule has 1 aromatic heterocycles. The van der Waals surface area contributed by atoms with Gasteiger partial charge in [0, 0.05) is 42.3 Å². The summed E-state index contributed by atoms with van der Waals surface area (Å²) >= 11 is 0. The number of likely N-dealkylation sites (tertiary alicyclic amines) is 1. The predicted octanol–water partition coefficient (Wildman–Crippen LogP) is 3.28. The van der Waals surface area contributed by atoms with E-state index in [-0.39, 0.29) is 0 Å². The quantitative estimate of drug-likeness (QED) is 0.625. The van der Waals surface area contributed by atoms with Crippen LogP contribution in [0.5, 0.6) is 0 Å². The second kappa shape index (κ2) is 8.16. The van der Waals surface area contributed by atoms with Gasteiger partial charge in [-0.25, -0.2) is 4.79 Å². The van der Waals surface area contributed by atoms with Crippen LogP contribution in [0.4, 0.5) is 10.5 Å². The molecule has 0 spiro atoms. The molecule has 1 aliphatic heterocycles. The number of carbonyl (C=O) groups excluding carboxylic acids is 1. The molecule has 2 amide bonds. The predicted molar refractivity (Wildman–Crippen MR) is 105 cm³/mol. The fourth-order valence-corrected chi connectivity index (χ4v) is 3.66. The fraction of sp³-hybridized carbons (Fsp3) is 0.400. The summed E-state index contributed by atoms with van der Waals surface area (Å²) in [7, 11) is 0. The van der Waals surface area contributed by atoms with Gasteiger partial charge in [0.25, 0.3) is 5.91 Å². The van der Waals surface area contributed by atoms with E-state index in [1.54, 1.807) is 6.07 Å². The van der Waals surface area contributed by atoms with Crippen molar-refractivity contribution in [1.82, 2.24) is 9.88 Å². The Morgan fingerprint density at radius 1 is 1.30 bits per heavy atom. The summed E-state index contributed by atoms with van der Waals surface area (Å²) in [4.78, 5) is 27.2. The van der Waals surface area contributed by atoms with E-state index in [1.807, 2.05) is 31.2 Å². The lowest BCUT2D eigenvalue weighted by molar-refractivity contribution is 0.0999. The number of amides is 2. The van der Waals surface area contributed by atoms with E-state index in [1.165, 1.54) is 4.90 Å². The van der Waals surface area contributed by atoms with E-state index in [9.17, 15) is 9.59 Å². The second-order valence-corrected chi connectivity index (χ2v) is 7.06. The van der Waals surface area contributed by atoms with Gasteiger partial charge in [-0.1, -0.05) is 18.2 Å². The van der Waals surface area contributed by atoms with E-state index in [2.05, 4.69) is 10.3 Å². The molecule has 1 aromatic carbocycles. The number of nitrogens with two attached hydrogens (primary N) is 1. The van der Waals surface area contributed by atoms with Gasteiger partial charge in [-0.05, 0) is 44.2 Å². The molecule has 1 aliphatic rings. The highest BCUT2D eigenvalue weighted by Gasteiger charge is 2.22. The van der Waals surface area contributed by atoms with E-state index in [4.69, 9.17) is 10.8 Å². The van der Waals surface area contributed by atoms with E-state index >= 15 is 0 Å². The Bertz CT molecular complexity index is 822. The number of aryl methyl sites for hydroxylation is 1. The van der Waals surface area contributed by atoms with Crippen LogP contribution < -0.4 is 11.1 Å². The molecule has 7 heteroatoms. The summed E-state index contributed by atoms with van der Waals surface area (Å²) in [5.74, 6) is 0.0996. The highest BCUT2D eigenvalue weighted by Crippen LogP contribution is 2.29. The lowest BCUT2D eigenvalue weighted by Crippen LogP contribution is -2.37. The second-order valence-electron chi connectivity index (χ2n) is 7.06. The Morgan fingerprint density at radius 3 is 2.63 bits per heavy atom. The van der Waals surface area contributed by atoms with Gasteiger partial charge >= 0.3 is 6.09 Å². The first-order chi connectivity index (χ1) is 13.0. The minimum absolute atomic E-state index is 0.437. The number of aromatic amines is 1. The highest BCUT2D eigenvalue weighted by atomic mass is 16.4. The third-order valence-corrected chi connectivity index (χ3v) is 5.25. The van der Waals surface area contributed by atoms with Gasteiger partial charge in [0.2, 0.25) is 0 Å². The Balaban J connectivity index is 1.61. The van der Waals surface area contributed by atoms with Crippen molar-refractivity contribution in [3.05, 3.63) is 41.6 Å². The Hall–Kier alpha value is -2.96. The third kappa shape index (κ3) is 4.42. The first kappa shape index (κ1) is 18.8. The third-order valence-electron chi connectivity index (χ3n) is 5.25. The molecule has 2 heterocycles. The molecule has 2 aromatic rings. The number of nitrogens with zero attached hydrogens (tertiary/aromatic N) is 1. The number of anilines is 1. The zero-order valence-corrected chi connectivity index (χ0v) is 15.5. The monoisotopic (exact) mass is 370 g/mol. The summed E-state index contributed by atoms with van der Waals surface area (Å²) in [5, 5.41) is 12.5. The number of carbonyl (C=O) groups is 2. The van der Waals surface area contributed by atoms with Crippen LogP contribution in [0.1, 0.15) is 35.3 Å². The zero-order chi connectivity index (χ0) is 19.4. The van der Waals surface area contributed by atoms with Crippen molar-refractivity contribution >= 4 is 17.7 Å². The lowest BCUT2D eigenvalue weighted by atomic mass is 9.93. The summed E-state index contributed by atoms with van der Waals surface area (Å²) in [5.41, 5.74) is 9.54. The van der Waals surface area contributed by atoms with Crippen LogP contribution in [-0.2, 0) is 0 Å². The number of nitrogens with one attached hydrogen (secondary N) is 2. The van der Waals surface area contributed by atoms with Crippen molar-refractivity contribution in [3.8, 4) is 11.3 Å². The van der Waals surface area contributed by atoms with Crippen molar-refractivity contribution in [2.45, 2.75) is 26.2 Å². The summed E-state index contributed by atoms with van der Waals surface area (Å²) in [6, 6.07) is 9.75. The molecular weight excluding hydrogens is 344 g/mol. The van der Waals surface area contributed by atoms with Crippen LogP contribution in [0.25, 0.3) is 11.3 Å². The summed E-state index contributed by atoms with van der Waals surface area (Å²) in [6.45, 7) is 3.89. The standard InChI is InChI=1S/C20H26N4O3/c1-13-16(19(21)25)12-18(23-13)15-4-2-3-5-17(15)22-9-6-14-7-10-24(11-8-14)20(26)27/h2-5,12,14,22-23H,6-11H2,1H3,(H2,21,25)(H,26,27). The average Bonchev–Trinajstić information content (AvgIpc) is 3.04. The van der Waals surface area contributed by atoms with Gasteiger partial charge < -0.3 is 26.0 Å². The number of hydrogen-bond donors (Lipinski definition) is 4. The molecular formula is C20H26N4O3. The molecule has 7 nitrogen and oxygen atoms in total. The number of piperidine rings is 1. The molecule has 5 N–H and O–H groups in total. The molecule has 1 fully saturated rings. The Kier molecular flexibility index (Phi) is 5.69. The molecule has 1 saturated heterocycles. The fourth-order valence-electron chi connectivity index (χ4n) is 3.66. The number of H-pyrrole nitrogens is 1. The van der Waals surface area contributed by atoms with Crippen LogP contribution in [0.3, 0.4) is 0 Å². The van der Waals surface area contributed by atoms with Crippen LogP contribution in [0.2, 0.25) is 0 Å². The minimum Gasteiger partial charge on any atom is -0.465 e. The molecule has 0 unspecified atom stereocenters. The van der Waals surface area contributed by atoms with Crippen LogP contribution in [0.15, 0.2) is 30.3 Å². The SMILES string of the molecule is Cc1[nH]c(-c2ccccc2NCCC2CCN(C(=O)O)CC2)cc1C(N)=O. The van der Waals surface area contributed by atoms with Gasteiger partial charge in [0.05, 0.1) is 5.56 Å². The first-order valence-corrected chi connectivity index (χ1v) is 9.26. The molecule has 144 valence electrons. The van der Waals surface area contributed by atoms with E-state index < -0.39 is 12.0 Å². The van der Waals surface area contributed by atoms with Crippen LogP contribution in [0, 0.1) is 12.8 Å². The van der Waals surface area contributed by atoms with E-state index in [0.717, 1.165) is 48.4 Å². The lowest BCUT2D eigenvalue weighted by Gasteiger charge is -2.30. The van der Waals surface area contributed by atoms with Gasteiger partial charge in [-0.3, -0.25) is 4.79 Å². The number of benzene rings is 1. The smallest absolute Gasteiger partial charge is 0.407 e. The van der Waals surface area contributed by atoms with Gasteiger partial charge in [0.15, 0.2) is 0 Å². The van der Waals surface area contributed by atoms with Crippen LogP contribution in [-0.4, -0.2) is 46.6 Å². The molecule has 0 radical (unpaired) electrons. The van der Waals surface area contributed by atoms with Crippen molar-refractivity contribution in [3.63, 3.8) is 0 Å². The van der Waals surface area contributed by atoms with E-state index in [0.29, 0.717) is 24.6 Å². The maximum atomic E-state index is 11.5. The number of aromatic nitrogens is 1. The largest absolute Gasteiger partial charge is 0.465 e. The molecule has 3 rings (SSSR count). The van der Waals surface area contributed by atoms with Gasteiger partial charge in [-0.15, -0.1) is 0 Å². The van der Waals surface area contributed by atoms with Crippen molar-refractivity contribution in [2.24, 2.45) is 11.7 Å². The minimum atomic E-state index is -0.822. The van der Waals surface area contributed by atoms with Gasteiger partial charge in [0.1, 0.15) is 0 Å². The maximum Gasteiger partial charge on any atom is 0.407 e. The number of carboxylic acid groups (broad SMARTS) is 1. The first-order valence-electron chi connectivity index (χ1n) is 9.26. The molecule has 27 heavy (non-hydrogen) atoms. The molecule has 0 bridgehead atoms. The Morgan fingerprint density at radius 2 is 2.00 bits per heavy atom. The topological polar surface area (TPSA) is 111 Å². The normalized spacial score (nSPS) is 14.9. The number of para-hydroxylation sites is 1. The highest BCUT2D eigenvalue weighted by molar-refractivity contribution is 5.96. The maximum absolute atomic E-state index is 11.5. The van der Waals surface area contributed by atoms with Crippen molar-refractivity contribution < 1.29 is 14.7 Å². The van der Waals surface area contributed by atoms with Crippen molar-refractivity contribution in [2.75, 3.05) is 25.0 Å². The number of primary amides is 1. The van der Waals surface area contributed by atoms with Crippen LogP contribution >= 0.6 is 0 Å².